The Balaban J connectivity index is 1.35. The number of aryl methyl sites for hydroxylation is 2. The maximum atomic E-state index is 13.1. The summed E-state index contributed by atoms with van der Waals surface area (Å²) in [6.45, 7) is 7.78. The second-order valence-electron chi connectivity index (χ2n) is 10.0. The first-order valence-electron chi connectivity index (χ1n) is 14.3. The number of amidine groups is 1. The van der Waals surface area contributed by atoms with Crippen molar-refractivity contribution >= 4 is 63.8 Å². The van der Waals surface area contributed by atoms with E-state index in [0.717, 1.165) is 22.9 Å². The first kappa shape index (κ1) is 34.2. The highest BCUT2D eigenvalue weighted by atomic mass is 32.2. The highest BCUT2D eigenvalue weighted by Gasteiger charge is 2.31. The van der Waals surface area contributed by atoms with E-state index >= 15 is 0 Å². The molecule has 0 bridgehead atoms. The number of nitrogens with one attached hydrogen (secondary N) is 1. The van der Waals surface area contributed by atoms with E-state index in [-0.39, 0.29) is 46.9 Å². The number of thioether (sulfide) groups is 2. The van der Waals surface area contributed by atoms with Gasteiger partial charge in [-0.3, -0.25) is 24.1 Å². The van der Waals surface area contributed by atoms with Gasteiger partial charge in [0.25, 0.3) is 27.5 Å². The molecule has 1 N–H and O–H groups in total. The maximum Gasteiger partial charge on any atom is 0.316 e. The molecule has 2 aromatic carbocycles. The minimum absolute atomic E-state index is 0.0289. The molecule has 4 rings (SSSR count). The second kappa shape index (κ2) is 16.1. The third-order valence-electron chi connectivity index (χ3n) is 6.50. The smallest absolute Gasteiger partial charge is 0.316 e. The summed E-state index contributed by atoms with van der Waals surface area (Å²) in [5.74, 6) is -0.310. The van der Waals surface area contributed by atoms with E-state index in [1.54, 1.807) is 36.4 Å². The second-order valence-corrected chi connectivity index (χ2v) is 11.9. The van der Waals surface area contributed by atoms with Gasteiger partial charge in [-0.1, -0.05) is 59.7 Å². The Morgan fingerprint density at radius 1 is 1.15 bits per heavy atom. The van der Waals surface area contributed by atoms with Gasteiger partial charge in [0.2, 0.25) is 0 Å². The first-order valence-corrected chi connectivity index (χ1v) is 16.1. The Morgan fingerprint density at radius 2 is 1.93 bits per heavy atom. The molecule has 1 atom stereocenters. The van der Waals surface area contributed by atoms with Gasteiger partial charge in [0, 0.05) is 24.5 Å². The Labute approximate surface area is 274 Å². The minimum Gasteiger partial charge on any atom is -0.480 e. The Hall–Kier alpha value is -4.63. The van der Waals surface area contributed by atoms with Gasteiger partial charge < -0.3 is 19.2 Å². The molecule has 1 aromatic heterocycles. The first-order chi connectivity index (χ1) is 22.1. The monoisotopic (exact) mass is 666 g/mol. The van der Waals surface area contributed by atoms with Crippen molar-refractivity contribution < 1.29 is 33.1 Å². The number of allylic oxidation sites excluding steroid dienone is 1. The normalized spacial score (nSPS) is 13.5. The Bertz CT molecular complexity index is 1660. The van der Waals surface area contributed by atoms with Gasteiger partial charge in [-0.25, -0.2) is 0 Å². The molecule has 242 valence electrons. The van der Waals surface area contributed by atoms with Gasteiger partial charge in [-0.2, -0.15) is 10.1 Å². The predicted octanol–water partition coefficient (Wildman–Crippen LogP) is 5.59. The summed E-state index contributed by atoms with van der Waals surface area (Å²) in [7, 11) is 1.48. The lowest BCUT2D eigenvalue weighted by Crippen LogP contribution is -2.32. The molecule has 1 aliphatic rings. The van der Waals surface area contributed by atoms with E-state index in [9.17, 15) is 19.2 Å². The molecular formula is C31H34N6O7S2. The van der Waals surface area contributed by atoms with Crippen molar-refractivity contribution in [2.24, 2.45) is 5.10 Å². The van der Waals surface area contributed by atoms with Crippen LogP contribution in [0.3, 0.4) is 0 Å². The van der Waals surface area contributed by atoms with Crippen LogP contribution in [-0.2, 0) is 19.1 Å². The third kappa shape index (κ3) is 9.20. The van der Waals surface area contributed by atoms with Crippen LogP contribution in [0.2, 0.25) is 0 Å². The number of anilines is 2. The number of hydrogen-bond acceptors (Lipinski definition) is 12. The molecule has 0 spiro atoms. The number of hydrogen-bond donors (Lipinski definition) is 1. The van der Waals surface area contributed by atoms with Gasteiger partial charge in [0.1, 0.15) is 23.9 Å². The molecule has 3 amide bonds. The van der Waals surface area contributed by atoms with E-state index in [4.69, 9.17) is 13.9 Å². The van der Waals surface area contributed by atoms with E-state index in [1.807, 2.05) is 45.9 Å². The van der Waals surface area contributed by atoms with Crippen molar-refractivity contribution in [3.05, 3.63) is 65.7 Å². The van der Waals surface area contributed by atoms with Crippen molar-refractivity contribution in [3.63, 3.8) is 0 Å². The standard InChI is InChI=1S/C31H34N6O7S2/c1-6-8-14-42-27(39)18-45-29-33-34-30(44-29)46-31(41)36(5)25-17-26(38)37(35-25)22-11-9-10-21(16-22)32-28(40)23(7-2)43-24-13-12-19(3)15-20(24)4/h6,8-13,15-16,23H,7,14,17-18H2,1-5H3,(H,32,40)/b8-6-. The van der Waals surface area contributed by atoms with Crippen LogP contribution in [0.5, 0.6) is 5.75 Å². The lowest BCUT2D eigenvalue weighted by Gasteiger charge is -2.19. The largest absolute Gasteiger partial charge is 0.480 e. The van der Waals surface area contributed by atoms with E-state index in [2.05, 4.69) is 20.6 Å². The molecule has 0 fully saturated rings. The highest BCUT2D eigenvalue weighted by Crippen LogP contribution is 2.28. The molecule has 46 heavy (non-hydrogen) atoms. The average Bonchev–Trinajstić information content (AvgIpc) is 3.65. The average molecular weight is 667 g/mol. The fraction of sp³-hybridized carbons (Fsp3) is 0.323. The zero-order valence-corrected chi connectivity index (χ0v) is 27.6. The number of carbonyl (C=O) groups excluding carboxylic acids is 4. The van der Waals surface area contributed by atoms with Crippen LogP contribution in [-0.4, -0.2) is 69.5 Å². The summed E-state index contributed by atoms with van der Waals surface area (Å²) >= 11 is 1.65. The maximum absolute atomic E-state index is 13.1. The zero-order valence-electron chi connectivity index (χ0n) is 26.0. The SMILES string of the molecule is C/C=C\COC(=O)CSc1nnc(SC(=O)N(C)C2=NN(c3cccc(NC(=O)C(CC)Oc4ccc(C)cc4C)c3)C(=O)C2)o1. The lowest BCUT2D eigenvalue weighted by atomic mass is 10.1. The number of nitrogens with zero attached hydrogens (tertiary/aromatic N) is 5. The van der Waals surface area contributed by atoms with Gasteiger partial charge in [-0.15, -0.1) is 5.10 Å². The molecule has 13 nitrogen and oxygen atoms in total. The van der Waals surface area contributed by atoms with E-state index in [0.29, 0.717) is 35.3 Å². The third-order valence-corrected chi connectivity index (χ3v) is 8.08. The molecular weight excluding hydrogens is 633 g/mol. The van der Waals surface area contributed by atoms with Gasteiger partial charge in [0.15, 0.2) is 6.10 Å². The minimum atomic E-state index is -0.724. The molecule has 2 heterocycles. The summed E-state index contributed by atoms with van der Waals surface area (Å²) in [5, 5.41) is 15.6. The van der Waals surface area contributed by atoms with Gasteiger partial charge in [-0.05, 0) is 57.0 Å². The number of hydrazone groups is 1. The summed E-state index contributed by atoms with van der Waals surface area (Å²) in [6.07, 6.45) is 3.08. The molecule has 3 aromatic rings. The highest BCUT2D eigenvalue weighted by molar-refractivity contribution is 8.13. The number of esters is 1. The van der Waals surface area contributed by atoms with Crippen LogP contribution in [0.15, 0.2) is 74.6 Å². The van der Waals surface area contributed by atoms with Crippen LogP contribution in [0.25, 0.3) is 0 Å². The van der Waals surface area contributed by atoms with Crippen molar-refractivity contribution in [3.8, 4) is 5.75 Å². The van der Waals surface area contributed by atoms with E-state index in [1.165, 1.54) is 17.0 Å². The van der Waals surface area contributed by atoms with Gasteiger partial charge in [0.05, 0.1) is 12.1 Å². The lowest BCUT2D eigenvalue weighted by molar-refractivity contribution is -0.139. The van der Waals surface area contributed by atoms with Crippen molar-refractivity contribution in [2.45, 2.75) is 57.1 Å². The van der Waals surface area contributed by atoms with Crippen LogP contribution in [0.4, 0.5) is 16.2 Å². The summed E-state index contributed by atoms with van der Waals surface area (Å²) in [5.41, 5.74) is 2.91. The van der Waals surface area contributed by atoms with Crippen molar-refractivity contribution in [1.82, 2.24) is 15.1 Å². The molecule has 0 saturated carbocycles. The molecule has 15 heteroatoms. The zero-order chi connectivity index (χ0) is 33.2. The van der Waals surface area contributed by atoms with Crippen LogP contribution in [0.1, 0.15) is 37.8 Å². The number of amides is 3. The topological polar surface area (TPSA) is 157 Å². The molecule has 0 saturated heterocycles. The molecule has 1 unspecified atom stereocenters. The predicted molar refractivity (Wildman–Crippen MR) is 175 cm³/mol. The summed E-state index contributed by atoms with van der Waals surface area (Å²) in [6, 6.07) is 12.5. The summed E-state index contributed by atoms with van der Waals surface area (Å²) < 4.78 is 16.4. The quantitative estimate of drug-likeness (QED) is 0.146. The van der Waals surface area contributed by atoms with E-state index < -0.39 is 17.3 Å². The van der Waals surface area contributed by atoms with Gasteiger partial charge >= 0.3 is 5.97 Å². The van der Waals surface area contributed by atoms with Crippen molar-refractivity contribution in [1.29, 1.82) is 0 Å². The van der Waals surface area contributed by atoms with Crippen molar-refractivity contribution in [2.75, 3.05) is 29.7 Å². The molecule has 0 aliphatic carbocycles. The number of ether oxygens (including phenoxy) is 2. The molecule has 0 radical (unpaired) electrons. The fourth-order valence-electron chi connectivity index (χ4n) is 4.09. The molecule has 1 aliphatic heterocycles. The summed E-state index contributed by atoms with van der Waals surface area (Å²) in [4.78, 5) is 51.9. The Morgan fingerprint density at radius 3 is 2.67 bits per heavy atom. The number of benzene rings is 2. The number of aromatic nitrogens is 2. The van der Waals surface area contributed by atoms with Crippen LogP contribution in [0, 0.1) is 13.8 Å². The fourth-order valence-corrected chi connectivity index (χ4v) is 5.30. The van der Waals surface area contributed by atoms with Crippen LogP contribution < -0.4 is 15.1 Å². The number of rotatable bonds is 12. The Kier molecular flexibility index (Phi) is 12.0. The number of carbonyl (C=O) groups is 4. The van der Waals surface area contributed by atoms with Crippen LogP contribution >= 0.6 is 23.5 Å².